The van der Waals surface area contributed by atoms with Gasteiger partial charge in [-0.25, -0.2) is 0 Å². The van der Waals surface area contributed by atoms with E-state index in [0.29, 0.717) is 11.4 Å². The maximum Gasteiger partial charge on any atom is 0.222 e. The van der Waals surface area contributed by atoms with Crippen LogP contribution in [0.3, 0.4) is 0 Å². The summed E-state index contributed by atoms with van der Waals surface area (Å²) < 4.78 is 5.88. The van der Waals surface area contributed by atoms with E-state index in [4.69, 9.17) is 16.3 Å². The number of halogens is 1. The van der Waals surface area contributed by atoms with E-state index in [1.165, 1.54) is 0 Å². The van der Waals surface area contributed by atoms with E-state index >= 15 is 0 Å². The fourth-order valence-corrected chi connectivity index (χ4v) is 2.36. The zero-order valence-corrected chi connectivity index (χ0v) is 11.3. The quantitative estimate of drug-likeness (QED) is 0.842. The summed E-state index contributed by atoms with van der Waals surface area (Å²) in [6, 6.07) is 7.45. The molecule has 1 amide bonds. The monoisotopic (exact) mass is 267 g/mol. The third-order valence-corrected chi connectivity index (χ3v) is 3.43. The summed E-state index contributed by atoms with van der Waals surface area (Å²) in [5.74, 6) is 1.04. The van der Waals surface area contributed by atoms with Crippen molar-refractivity contribution in [3.05, 3.63) is 29.3 Å². The maximum atomic E-state index is 11.5. The molecule has 1 aliphatic heterocycles. The van der Waals surface area contributed by atoms with E-state index < -0.39 is 0 Å². The van der Waals surface area contributed by atoms with Crippen LogP contribution < -0.4 is 4.74 Å². The SMILES string of the molecule is CCC(=O)N1CCC(Oc2cccc(Cl)c2)CC1. The normalized spacial score (nSPS) is 16.7. The molecule has 0 atom stereocenters. The van der Waals surface area contributed by atoms with Crippen LogP contribution in [0.2, 0.25) is 5.02 Å². The van der Waals surface area contributed by atoms with Crippen LogP contribution in [0.25, 0.3) is 0 Å². The molecule has 2 rings (SSSR count). The summed E-state index contributed by atoms with van der Waals surface area (Å²) >= 11 is 5.91. The van der Waals surface area contributed by atoms with Crippen LogP contribution in [-0.4, -0.2) is 30.0 Å². The maximum absolute atomic E-state index is 11.5. The highest BCUT2D eigenvalue weighted by atomic mass is 35.5. The molecule has 3 nitrogen and oxygen atoms in total. The molecule has 1 aromatic carbocycles. The van der Waals surface area contributed by atoms with Gasteiger partial charge in [-0.1, -0.05) is 24.6 Å². The molecule has 4 heteroatoms. The molecule has 1 heterocycles. The van der Waals surface area contributed by atoms with Crippen molar-refractivity contribution >= 4 is 17.5 Å². The number of rotatable bonds is 3. The minimum absolute atomic E-state index is 0.185. The molecule has 18 heavy (non-hydrogen) atoms. The van der Waals surface area contributed by atoms with Crippen molar-refractivity contribution in [3.8, 4) is 5.75 Å². The van der Waals surface area contributed by atoms with Gasteiger partial charge in [-0.05, 0) is 18.2 Å². The Balaban J connectivity index is 1.85. The summed E-state index contributed by atoms with van der Waals surface area (Å²) in [7, 11) is 0. The average molecular weight is 268 g/mol. The van der Waals surface area contributed by atoms with Gasteiger partial charge in [0, 0.05) is 37.4 Å². The van der Waals surface area contributed by atoms with Crippen molar-refractivity contribution in [1.82, 2.24) is 4.90 Å². The van der Waals surface area contributed by atoms with Crippen LogP contribution >= 0.6 is 11.6 Å². The first-order chi connectivity index (χ1) is 8.69. The van der Waals surface area contributed by atoms with Gasteiger partial charge in [0.25, 0.3) is 0 Å². The number of hydrogen-bond acceptors (Lipinski definition) is 2. The first kappa shape index (κ1) is 13.2. The summed E-state index contributed by atoms with van der Waals surface area (Å²) in [6.45, 7) is 3.48. The Labute approximate surface area is 113 Å². The number of likely N-dealkylation sites (tertiary alicyclic amines) is 1. The highest BCUT2D eigenvalue weighted by Gasteiger charge is 2.22. The zero-order chi connectivity index (χ0) is 13.0. The van der Waals surface area contributed by atoms with Crippen LogP contribution in [0, 0.1) is 0 Å². The van der Waals surface area contributed by atoms with E-state index in [1.807, 2.05) is 36.1 Å². The highest BCUT2D eigenvalue weighted by molar-refractivity contribution is 6.30. The van der Waals surface area contributed by atoms with Crippen LogP contribution in [0.1, 0.15) is 26.2 Å². The van der Waals surface area contributed by atoms with Gasteiger partial charge in [-0.15, -0.1) is 0 Å². The van der Waals surface area contributed by atoms with E-state index in [-0.39, 0.29) is 12.0 Å². The Kier molecular flexibility index (Phi) is 4.48. The van der Waals surface area contributed by atoms with Crippen molar-refractivity contribution in [1.29, 1.82) is 0 Å². The van der Waals surface area contributed by atoms with E-state index in [0.717, 1.165) is 31.7 Å². The number of carbonyl (C=O) groups excluding carboxylic acids is 1. The third-order valence-electron chi connectivity index (χ3n) is 3.20. The van der Waals surface area contributed by atoms with Gasteiger partial charge in [0.15, 0.2) is 0 Å². The molecule has 1 saturated heterocycles. The molecule has 0 bridgehead atoms. The fourth-order valence-electron chi connectivity index (χ4n) is 2.18. The van der Waals surface area contributed by atoms with Gasteiger partial charge in [-0.2, -0.15) is 0 Å². The predicted octanol–water partition coefficient (Wildman–Crippen LogP) is 3.12. The largest absolute Gasteiger partial charge is 0.490 e. The van der Waals surface area contributed by atoms with Crippen LogP contribution in [0.4, 0.5) is 0 Å². The number of hydrogen-bond donors (Lipinski definition) is 0. The number of benzene rings is 1. The molecule has 0 unspecified atom stereocenters. The van der Waals surface area contributed by atoms with Crippen LogP contribution in [0.15, 0.2) is 24.3 Å². The molecule has 0 aliphatic carbocycles. The molecule has 0 spiro atoms. The Bertz CT molecular complexity index is 414. The number of amides is 1. The molecular formula is C14H18ClNO2. The lowest BCUT2D eigenvalue weighted by Gasteiger charge is -2.32. The van der Waals surface area contributed by atoms with Gasteiger partial charge in [0.1, 0.15) is 11.9 Å². The van der Waals surface area contributed by atoms with Gasteiger partial charge >= 0.3 is 0 Å². The molecule has 0 radical (unpaired) electrons. The Morgan fingerprint density at radius 3 is 2.78 bits per heavy atom. The summed E-state index contributed by atoms with van der Waals surface area (Å²) in [5.41, 5.74) is 0. The third kappa shape index (κ3) is 3.39. The first-order valence-corrected chi connectivity index (χ1v) is 6.77. The summed E-state index contributed by atoms with van der Waals surface area (Å²) in [4.78, 5) is 13.5. The number of ether oxygens (including phenoxy) is 1. The van der Waals surface area contributed by atoms with E-state index in [1.54, 1.807) is 0 Å². The number of carbonyl (C=O) groups is 1. The molecule has 0 N–H and O–H groups in total. The van der Waals surface area contributed by atoms with Gasteiger partial charge in [0.2, 0.25) is 5.91 Å². The minimum Gasteiger partial charge on any atom is -0.490 e. The second-order valence-electron chi connectivity index (χ2n) is 4.51. The zero-order valence-electron chi connectivity index (χ0n) is 10.6. The molecule has 1 aromatic rings. The molecule has 0 aromatic heterocycles. The Morgan fingerprint density at radius 2 is 2.17 bits per heavy atom. The standard InChI is InChI=1S/C14H18ClNO2/c1-2-14(17)16-8-6-12(7-9-16)18-13-5-3-4-11(15)10-13/h3-5,10,12H,2,6-9H2,1H3. The molecule has 1 aliphatic rings. The Hall–Kier alpha value is -1.22. The first-order valence-electron chi connectivity index (χ1n) is 6.39. The number of nitrogens with zero attached hydrogens (tertiary/aromatic N) is 1. The van der Waals surface area contributed by atoms with E-state index in [2.05, 4.69) is 0 Å². The molecule has 98 valence electrons. The lowest BCUT2D eigenvalue weighted by Crippen LogP contribution is -2.41. The fraction of sp³-hybridized carbons (Fsp3) is 0.500. The lowest BCUT2D eigenvalue weighted by molar-refractivity contribution is -0.132. The van der Waals surface area contributed by atoms with Crippen LogP contribution in [0.5, 0.6) is 5.75 Å². The topological polar surface area (TPSA) is 29.5 Å². The van der Waals surface area contributed by atoms with Crippen molar-refractivity contribution in [2.75, 3.05) is 13.1 Å². The average Bonchev–Trinajstić information content (AvgIpc) is 2.39. The Morgan fingerprint density at radius 1 is 1.44 bits per heavy atom. The molecule has 0 saturated carbocycles. The van der Waals surface area contributed by atoms with Gasteiger partial charge in [-0.3, -0.25) is 4.79 Å². The van der Waals surface area contributed by atoms with Crippen molar-refractivity contribution < 1.29 is 9.53 Å². The predicted molar refractivity (Wildman–Crippen MR) is 72.0 cm³/mol. The van der Waals surface area contributed by atoms with Crippen molar-refractivity contribution in [2.45, 2.75) is 32.3 Å². The molecule has 1 fully saturated rings. The van der Waals surface area contributed by atoms with Crippen molar-refractivity contribution in [2.24, 2.45) is 0 Å². The van der Waals surface area contributed by atoms with Gasteiger partial charge in [0.05, 0.1) is 0 Å². The highest BCUT2D eigenvalue weighted by Crippen LogP contribution is 2.22. The summed E-state index contributed by atoms with van der Waals surface area (Å²) in [6.07, 6.45) is 2.54. The lowest BCUT2D eigenvalue weighted by atomic mass is 10.1. The minimum atomic E-state index is 0.185. The smallest absolute Gasteiger partial charge is 0.222 e. The summed E-state index contributed by atoms with van der Waals surface area (Å²) in [5, 5.41) is 0.686. The van der Waals surface area contributed by atoms with Crippen molar-refractivity contribution in [3.63, 3.8) is 0 Å². The number of piperidine rings is 1. The van der Waals surface area contributed by atoms with E-state index in [9.17, 15) is 4.79 Å². The van der Waals surface area contributed by atoms with Crippen LogP contribution in [-0.2, 0) is 4.79 Å². The van der Waals surface area contributed by atoms with Gasteiger partial charge < -0.3 is 9.64 Å². The second-order valence-corrected chi connectivity index (χ2v) is 4.95. The second kappa shape index (κ2) is 6.10. The molecular weight excluding hydrogens is 250 g/mol.